The van der Waals surface area contributed by atoms with Gasteiger partial charge < -0.3 is 5.73 Å². The van der Waals surface area contributed by atoms with Crippen LogP contribution in [0.25, 0.3) is 10.2 Å². The lowest BCUT2D eigenvalue weighted by Gasteiger charge is -2.06. The smallest absolute Gasteiger partial charge is 0.206 e. The normalized spacial score (nSPS) is 11.2. The molecule has 3 aromatic rings. The Morgan fingerprint density at radius 3 is 2.52 bits per heavy atom. The number of nitrogens with zero attached hydrogens (tertiary/aromatic N) is 1. The van der Waals surface area contributed by atoms with Gasteiger partial charge in [-0.3, -0.25) is 4.79 Å². The molecule has 23 heavy (non-hydrogen) atoms. The second kappa shape index (κ2) is 5.78. The Morgan fingerprint density at radius 1 is 1.17 bits per heavy atom. The molecule has 118 valence electrons. The highest BCUT2D eigenvalue weighted by Crippen LogP contribution is 2.38. The van der Waals surface area contributed by atoms with Crippen LogP contribution in [0.3, 0.4) is 0 Å². The Morgan fingerprint density at radius 2 is 1.87 bits per heavy atom. The van der Waals surface area contributed by atoms with Crippen LogP contribution in [0, 0.1) is 20.8 Å². The molecular formula is C17H14Cl2N2OS. The quantitative estimate of drug-likeness (QED) is 0.624. The fourth-order valence-electron chi connectivity index (χ4n) is 2.53. The number of hydrogen-bond acceptors (Lipinski definition) is 4. The summed E-state index contributed by atoms with van der Waals surface area (Å²) in [7, 11) is 0. The van der Waals surface area contributed by atoms with Crippen molar-refractivity contribution in [2.75, 3.05) is 5.73 Å². The van der Waals surface area contributed by atoms with Crippen molar-refractivity contribution in [1.82, 2.24) is 4.98 Å². The highest BCUT2D eigenvalue weighted by Gasteiger charge is 2.22. The monoisotopic (exact) mass is 364 g/mol. The predicted octanol–water partition coefficient (Wildman–Crippen LogP) is 5.34. The average molecular weight is 365 g/mol. The third-order valence-electron chi connectivity index (χ3n) is 4.06. The molecule has 2 aromatic heterocycles. The number of rotatable bonds is 2. The zero-order valence-corrected chi connectivity index (χ0v) is 15.2. The summed E-state index contributed by atoms with van der Waals surface area (Å²) in [6.45, 7) is 5.96. The van der Waals surface area contributed by atoms with Gasteiger partial charge in [0.2, 0.25) is 5.78 Å². The first-order valence-electron chi connectivity index (χ1n) is 6.96. The van der Waals surface area contributed by atoms with Gasteiger partial charge >= 0.3 is 0 Å². The number of thiophene rings is 1. The molecule has 0 amide bonds. The highest BCUT2D eigenvalue weighted by molar-refractivity contribution is 7.21. The number of aryl methyl sites for hydroxylation is 2. The minimum Gasteiger partial charge on any atom is -0.397 e. The molecule has 0 atom stereocenters. The number of nitrogens with two attached hydrogens (primary N) is 1. The van der Waals surface area contributed by atoms with Crippen LogP contribution in [0.2, 0.25) is 10.0 Å². The molecule has 3 rings (SSSR count). The van der Waals surface area contributed by atoms with Gasteiger partial charge in [0.05, 0.1) is 10.7 Å². The summed E-state index contributed by atoms with van der Waals surface area (Å²) in [6, 6.07) is 4.81. The Labute approximate surface area is 148 Å². The number of carbonyl (C=O) groups is 1. The lowest BCUT2D eigenvalue weighted by molar-refractivity contribution is 0.104. The van der Waals surface area contributed by atoms with Crippen LogP contribution in [-0.4, -0.2) is 10.8 Å². The van der Waals surface area contributed by atoms with E-state index in [1.165, 1.54) is 11.3 Å². The van der Waals surface area contributed by atoms with Crippen LogP contribution in [-0.2, 0) is 0 Å². The standard InChI is InChI=1S/C17H14Cl2N2OS/c1-7-8(2)13-14(20)16(23-17(13)21-9(7)3)15(22)11-5-4-10(18)6-12(11)19/h4-6H,20H2,1-3H3. The zero-order valence-electron chi connectivity index (χ0n) is 12.8. The number of nitrogen functional groups attached to an aromatic ring is 1. The van der Waals surface area contributed by atoms with Crippen molar-refractivity contribution in [2.24, 2.45) is 0 Å². The maximum Gasteiger partial charge on any atom is 0.206 e. The van der Waals surface area contributed by atoms with Gasteiger partial charge in [0, 0.05) is 21.7 Å². The van der Waals surface area contributed by atoms with Crippen molar-refractivity contribution in [1.29, 1.82) is 0 Å². The molecule has 0 aliphatic rings. The van der Waals surface area contributed by atoms with Gasteiger partial charge in [-0.2, -0.15) is 0 Å². The van der Waals surface area contributed by atoms with E-state index in [-0.39, 0.29) is 5.78 Å². The topological polar surface area (TPSA) is 56.0 Å². The minimum absolute atomic E-state index is 0.207. The molecule has 2 heterocycles. The van der Waals surface area contributed by atoms with Crippen molar-refractivity contribution >= 4 is 56.2 Å². The summed E-state index contributed by atoms with van der Waals surface area (Å²) in [5, 5.41) is 1.66. The van der Waals surface area contributed by atoms with Gasteiger partial charge in [-0.15, -0.1) is 11.3 Å². The van der Waals surface area contributed by atoms with Crippen molar-refractivity contribution < 1.29 is 4.79 Å². The Bertz CT molecular complexity index is 963. The van der Waals surface area contributed by atoms with Crippen LogP contribution >= 0.6 is 34.5 Å². The zero-order chi connectivity index (χ0) is 16.9. The largest absolute Gasteiger partial charge is 0.397 e. The van der Waals surface area contributed by atoms with E-state index in [0.29, 0.717) is 26.2 Å². The first-order chi connectivity index (χ1) is 10.8. The third kappa shape index (κ3) is 2.61. The van der Waals surface area contributed by atoms with Gasteiger partial charge in [-0.25, -0.2) is 4.98 Å². The van der Waals surface area contributed by atoms with E-state index in [1.54, 1.807) is 18.2 Å². The summed E-state index contributed by atoms with van der Waals surface area (Å²) in [5.41, 5.74) is 10.2. The molecule has 0 saturated heterocycles. The molecule has 6 heteroatoms. The molecule has 0 saturated carbocycles. The van der Waals surface area contributed by atoms with Crippen molar-refractivity contribution in [3.8, 4) is 0 Å². The van der Waals surface area contributed by atoms with Crippen molar-refractivity contribution in [2.45, 2.75) is 20.8 Å². The Hall–Kier alpha value is -1.62. The number of pyridine rings is 1. The summed E-state index contributed by atoms with van der Waals surface area (Å²) in [5.74, 6) is -0.207. The fraction of sp³-hybridized carbons (Fsp3) is 0.176. The SMILES string of the molecule is Cc1nc2sc(C(=O)c3ccc(Cl)cc3Cl)c(N)c2c(C)c1C. The van der Waals surface area contributed by atoms with Gasteiger partial charge in [-0.1, -0.05) is 23.2 Å². The van der Waals surface area contributed by atoms with E-state index in [1.807, 2.05) is 20.8 Å². The van der Waals surface area contributed by atoms with Gasteiger partial charge in [-0.05, 0) is 50.1 Å². The van der Waals surface area contributed by atoms with Crippen LogP contribution in [0.4, 0.5) is 5.69 Å². The molecule has 0 aliphatic carbocycles. The summed E-state index contributed by atoms with van der Waals surface area (Å²) >= 11 is 13.3. The Balaban J connectivity index is 2.22. The Kier molecular flexibility index (Phi) is 4.08. The molecule has 2 N–H and O–H groups in total. The third-order valence-corrected chi connectivity index (χ3v) is 5.70. The molecule has 0 spiro atoms. The van der Waals surface area contributed by atoms with E-state index in [2.05, 4.69) is 4.98 Å². The van der Waals surface area contributed by atoms with Gasteiger partial charge in [0.25, 0.3) is 0 Å². The summed E-state index contributed by atoms with van der Waals surface area (Å²) in [4.78, 5) is 18.6. The number of aromatic nitrogens is 1. The maximum atomic E-state index is 12.8. The number of hydrogen-bond donors (Lipinski definition) is 1. The molecule has 3 nitrogen and oxygen atoms in total. The van der Waals surface area contributed by atoms with Crippen molar-refractivity contribution in [3.05, 3.63) is 55.5 Å². The maximum absolute atomic E-state index is 12.8. The molecule has 0 bridgehead atoms. The van der Waals surface area contributed by atoms with Crippen molar-refractivity contribution in [3.63, 3.8) is 0 Å². The number of fused-ring (bicyclic) bond motifs is 1. The molecule has 0 aliphatic heterocycles. The second-order valence-corrected chi connectivity index (χ2v) is 7.27. The van der Waals surface area contributed by atoms with E-state index in [0.717, 1.165) is 27.0 Å². The van der Waals surface area contributed by atoms with Crippen LogP contribution in [0.15, 0.2) is 18.2 Å². The number of carbonyl (C=O) groups excluding carboxylic acids is 1. The van der Waals surface area contributed by atoms with E-state index in [4.69, 9.17) is 28.9 Å². The number of ketones is 1. The molecular weight excluding hydrogens is 351 g/mol. The first kappa shape index (κ1) is 16.2. The molecule has 1 aromatic carbocycles. The van der Waals surface area contributed by atoms with E-state index >= 15 is 0 Å². The molecule has 0 radical (unpaired) electrons. The van der Waals surface area contributed by atoms with Crippen LogP contribution in [0.1, 0.15) is 32.1 Å². The molecule has 0 unspecified atom stereocenters. The summed E-state index contributed by atoms with van der Waals surface area (Å²) < 4.78 is 0. The first-order valence-corrected chi connectivity index (χ1v) is 8.54. The minimum atomic E-state index is -0.207. The number of benzene rings is 1. The lowest BCUT2D eigenvalue weighted by Crippen LogP contribution is -2.03. The van der Waals surface area contributed by atoms with Crippen LogP contribution < -0.4 is 5.73 Å². The van der Waals surface area contributed by atoms with Gasteiger partial charge in [0.15, 0.2) is 0 Å². The molecule has 0 fully saturated rings. The van der Waals surface area contributed by atoms with E-state index in [9.17, 15) is 4.79 Å². The number of anilines is 1. The number of halogens is 2. The van der Waals surface area contributed by atoms with Crippen LogP contribution in [0.5, 0.6) is 0 Å². The van der Waals surface area contributed by atoms with Gasteiger partial charge in [0.1, 0.15) is 9.71 Å². The van der Waals surface area contributed by atoms with E-state index < -0.39 is 0 Å². The summed E-state index contributed by atoms with van der Waals surface area (Å²) in [6.07, 6.45) is 0. The highest BCUT2D eigenvalue weighted by atomic mass is 35.5. The second-order valence-electron chi connectivity index (χ2n) is 5.43. The fourth-order valence-corrected chi connectivity index (χ4v) is 4.18. The lowest BCUT2D eigenvalue weighted by atomic mass is 10.0. The predicted molar refractivity (Wildman–Crippen MR) is 98.1 cm³/mol. The average Bonchev–Trinajstić information content (AvgIpc) is 2.81.